The monoisotopic (exact) mass is 229 g/mol. The van der Waals surface area contributed by atoms with Crippen LogP contribution in [0.4, 0.5) is 0 Å². The molecule has 0 spiro atoms. The molecule has 0 fully saturated rings. The van der Waals surface area contributed by atoms with Crippen LogP contribution < -0.4 is 5.32 Å². The van der Waals surface area contributed by atoms with Crippen LogP contribution in [0.25, 0.3) is 0 Å². The van der Waals surface area contributed by atoms with E-state index in [-0.39, 0.29) is 12.0 Å². The van der Waals surface area contributed by atoms with Crippen LogP contribution in [0.1, 0.15) is 54.4 Å². The molecule has 96 valence electrons. The van der Waals surface area contributed by atoms with Gasteiger partial charge in [-0.05, 0) is 46.6 Å². The van der Waals surface area contributed by atoms with Crippen molar-refractivity contribution in [3.05, 3.63) is 0 Å². The fourth-order valence-corrected chi connectivity index (χ4v) is 1.45. The molecule has 2 atom stereocenters. The molecule has 0 aromatic carbocycles. The summed E-state index contributed by atoms with van der Waals surface area (Å²) < 4.78 is 5.29. The molecule has 3 nitrogen and oxygen atoms in total. The van der Waals surface area contributed by atoms with Crippen LogP contribution in [0.15, 0.2) is 0 Å². The van der Waals surface area contributed by atoms with Crippen LogP contribution in [0.3, 0.4) is 0 Å². The van der Waals surface area contributed by atoms with Gasteiger partial charge in [-0.3, -0.25) is 4.79 Å². The van der Waals surface area contributed by atoms with Crippen molar-refractivity contribution in [1.82, 2.24) is 5.32 Å². The SMILES string of the molecule is CCCC(C)CN[C@@H](C)C(=O)OC(C)(C)C. The minimum atomic E-state index is -0.401. The van der Waals surface area contributed by atoms with Gasteiger partial charge in [0.2, 0.25) is 0 Å². The molecule has 1 unspecified atom stereocenters. The normalized spacial score (nSPS) is 15.6. The first-order chi connectivity index (χ1) is 7.26. The van der Waals surface area contributed by atoms with E-state index in [9.17, 15) is 4.79 Å². The van der Waals surface area contributed by atoms with Gasteiger partial charge in [0.15, 0.2) is 0 Å². The molecule has 0 saturated heterocycles. The molecule has 0 amide bonds. The van der Waals surface area contributed by atoms with Crippen LogP contribution in [0, 0.1) is 5.92 Å². The molecule has 0 heterocycles. The summed E-state index contributed by atoms with van der Waals surface area (Å²) in [7, 11) is 0. The van der Waals surface area contributed by atoms with Crippen molar-refractivity contribution in [1.29, 1.82) is 0 Å². The Bertz CT molecular complexity index is 208. The minimum Gasteiger partial charge on any atom is -0.459 e. The van der Waals surface area contributed by atoms with E-state index in [0.29, 0.717) is 5.92 Å². The van der Waals surface area contributed by atoms with Crippen molar-refractivity contribution in [2.24, 2.45) is 5.92 Å². The van der Waals surface area contributed by atoms with E-state index in [0.717, 1.165) is 6.54 Å². The summed E-state index contributed by atoms with van der Waals surface area (Å²) in [4.78, 5) is 11.6. The molecule has 0 aromatic rings. The summed E-state index contributed by atoms with van der Waals surface area (Å²) in [5.74, 6) is 0.436. The highest BCUT2D eigenvalue weighted by molar-refractivity contribution is 5.75. The Morgan fingerprint density at radius 3 is 2.31 bits per heavy atom. The minimum absolute atomic E-state index is 0.170. The summed E-state index contributed by atoms with van der Waals surface area (Å²) >= 11 is 0. The molecule has 1 N–H and O–H groups in total. The molecule has 0 aliphatic carbocycles. The number of rotatable bonds is 6. The summed E-state index contributed by atoms with van der Waals surface area (Å²) in [6, 6.07) is -0.224. The van der Waals surface area contributed by atoms with Crippen molar-refractivity contribution in [3.63, 3.8) is 0 Å². The van der Waals surface area contributed by atoms with E-state index >= 15 is 0 Å². The van der Waals surface area contributed by atoms with Crippen LogP contribution in [0.2, 0.25) is 0 Å². The van der Waals surface area contributed by atoms with Crippen molar-refractivity contribution in [2.75, 3.05) is 6.54 Å². The van der Waals surface area contributed by atoms with Gasteiger partial charge < -0.3 is 10.1 Å². The van der Waals surface area contributed by atoms with E-state index in [1.165, 1.54) is 12.8 Å². The van der Waals surface area contributed by atoms with Gasteiger partial charge in [0.25, 0.3) is 0 Å². The molecule has 0 radical (unpaired) electrons. The average Bonchev–Trinajstić information content (AvgIpc) is 2.11. The second-order valence-electron chi connectivity index (χ2n) is 5.56. The van der Waals surface area contributed by atoms with Crippen molar-refractivity contribution in [2.45, 2.75) is 66.0 Å². The van der Waals surface area contributed by atoms with Crippen molar-refractivity contribution in [3.8, 4) is 0 Å². The van der Waals surface area contributed by atoms with Crippen LogP contribution >= 0.6 is 0 Å². The second kappa shape index (κ2) is 6.89. The Balaban J connectivity index is 3.88. The molecular formula is C13H27NO2. The third-order valence-electron chi connectivity index (χ3n) is 2.31. The van der Waals surface area contributed by atoms with Gasteiger partial charge in [0.1, 0.15) is 11.6 Å². The molecule has 0 aliphatic rings. The lowest BCUT2D eigenvalue weighted by atomic mass is 10.1. The van der Waals surface area contributed by atoms with Crippen LogP contribution in [-0.4, -0.2) is 24.2 Å². The molecule has 16 heavy (non-hydrogen) atoms. The van der Waals surface area contributed by atoms with E-state index in [1.54, 1.807) is 0 Å². The molecule has 0 saturated carbocycles. The number of esters is 1. The van der Waals surface area contributed by atoms with Gasteiger partial charge in [-0.25, -0.2) is 0 Å². The summed E-state index contributed by atoms with van der Waals surface area (Å²) in [5.41, 5.74) is -0.401. The molecule has 0 bridgehead atoms. The van der Waals surface area contributed by atoms with Crippen LogP contribution in [-0.2, 0) is 9.53 Å². The third kappa shape index (κ3) is 7.69. The number of hydrogen-bond acceptors (Lipinski definition) is 3. The fourth-order valence-electron chi connectivity index (χ4n) is 1.45. The lowest BCUT2D eigenvalue weighted by Crippen LogP contribution is -2.40. The Labute approximate surface area is 99.9 Å². The average molecular weight is 229 g/mol. The number of hydrogen-bond donors (Lipinski definition) is 1. The van der Waals surface area contributed by atoms with Gasteiger partial charge in [0, 0.05) is 0 Å². The highest BCUT2D eigenvalue weighted by Gasteiger charge is 2.21. The van der Waals surface area contributed by atoms with Gasteiger partial charge in [-0.2, -0.15) is 0 Å². The standard InChI is InChI=1S/C13H27NO2/c1-7-8-10(2)9-14-11(3)12(15)16-13(4,5)6/h10-11,14H,7-9H2,1-6H3/t10?,11-/m0/s1. The van der Waals surface area contributed by atoms with E-state index < -0.39 is 5.60 Å². The highest BCUT2D eigenvalue weighted by atomic mass is 16.6. The zero-order valence-electron chi connectivity index (χ0n) is 11.6. The lowest BCUT2D eigenvalue weighted by molar-refractivity contribution is -0.157. The fraction of sp³-hybridized carbons (Fsp3) is 0.923. The molecule has 3 heteroatoms. The van der Waals surface area contributed by atoms with Crippen molar-refractivity contribution >= 4 is 5.97 Å². The smallest absolute Gasteiger partial charge is 0.323 e. The first-order valence-electron chi connectivity index (χ1n) is 6.22. The molecule has 0 rings (SSSR count). The lowest BCUT2D eigenvalue weighted by Gasteiger charge is -2.23. The van der Waals surface area contributed by atoms with Gasteiger partial charge >= 0.3 is 5.97 Å². The van der Waals surface area contributed by atoms with Gasteiger partial charge in [0.05, 0.1) is 0 Å². The zero-order chi connectivity index (χ0) is 12.8. The Morgan fingerprint density at radius 1 is 1.31 bits per heavy atom. The number of ether oxygens (including phenoxy) is 1. The topological polar surface area (TPSA) is 38.3 Å². The van der Waals surface area contributed by atoms with Gasteiger partial charge in [-0.15, -0.1) is 0 Å². The van der Waals surface area contributed by atoms with E-state index in [2.05, 4.69) is 19.2 Å². The number of carbonyl (C=O) groups excluding carboxylic acids is 1. The first-order valence-corrected chi connectivity index (χ1v) is 6.22. The molecule has 0 aliphatic heterocycles. The summed E-state index contributed by atoms with van der Waals surface area (Å²) in [6.07, 6.45) is 2.37. The zero-order valence-corrected chi connectivity index (χ0v) is 11.6. The van der Waals surface area contributed by atoms with Crippen LogP contribution in [0.5, 0.6) is 0 Å². The Kier molecular flexibility index (Phi) is 6.65. The maximum Gasteiger partial charge on any atom is 0.323 e. The first kappa shape index (κ1) is 15.4. The van der Waals surface area contributed by atoms with Gasteiger partial charge in [-0.1, -0.05) is 20.3 Å². The maximum atomic E-state index is 11.6. The predicted octanol–water partition coefficient (Wildman–Crippen LogP) is 2.74. The number of carbonyl (C=O) groups is 1. The summed E-state index contributed by atoms with van der Waals surface area (Å²) in [5, 5.41) is 3.22. The third-order valence-corrected chi connectivity index (χ3v) is 2.31. The van der Waals surface area contributed by atoms with E-state index in [1.807, 2.05) is 27.7 Å². The van der Waals surface area contributed by atoms with E-state index in [4.69, 9.17) is 4.74 Å². The molecular weight excluding hydrogens is 202 g/mol. The summed E-state index contributed by atoms with van der Waals surface area (Å²) in [6.45, 7) is 12.7. The number of nitrogens with one attached hydrogen (secondary N) is 1. The second-order valence-corrected chi connectivity index (χ2v) is 5.56. The quantitative estimate of drug-likeness (QED) is 0.712. The van der Waals surface area contributed by atoms with Crippen molar-refractivity contribution < 1.29 is 9.53 Å². The maximum absolute atomic E-state index is 11.6. The highest BCUT2D eigenvalue weighted by Crippen LogP contribution is 2.09. The Morgan fingerprint density at radius 2 is 1.88 bits per heavy atom. The molecule has 0 aromatic heterocycles. The Hall–Kier alpha value is -0.570. The predicted molar refractivity (Wildman–Crippen MR) is 67.4 cm³/mol. The largest absolute Gasteiger partial charge is 0.459 e.